The van der Waals surface area contributed by atoms with E-state index in [0.717, 1.165) is 18.9 Å². The van der Waals surface area contributed by atoms with Crippen molar-refractivity contribution in [2.75, 3.05) is 11.9 Å². The number of halogens is 3. The Hall–Kier alpha value is -1.56. The van der Waals surface area contributed by atoms with Crippen LogP contribution in [0.15, 0.2) is 24.3 Å². The van der Waals surface area contributed by atoms with Crippen LogP contribution in [0.1, 0.15) is 38.7 Å². The third kappa shape index (κ3) is 1.70. The van der Waals surface area contributed by atoms with E-state index in [0.29, 0.717) is 18.9 Å². The van der Waals surface area contributed by atoms with E-state index in [1.165, 1.54) is 18.2 Å². The maximum absolute atomic E-state index is 13.2. The number of amides is 1. The van der Waals surface area contributed by atoms with E-state index >= 15 is 0 Å². The molecule has 2 saturated carbocycles. The molecule has 0 spiro atoms. The van der Waals surface area contributed by atoms with Gasteiger partial charge in [-0.05, 0) is 37.3 Å². The van der Waals surface area contributed by atoms with Gasteiger partial charge in [0.05, 0.1) is 17.9 Å². The highest BCUT2D eigenvalue weighted by molar-refractivity contribution is 5.99. The molecule has 0 radical (unpaired) electrons. The zero-order chi connectivity index (χ0) is 17.4. The minimum atomic E-state index is -4.51. The van der Waals surface area contributed by atoms with Gasteiger partial charge in [0, 0.05) is 10.8 Å². The molecule has 3 fully saturated rings. The molecule has 1 N–H and O–H groups in total. The number of anilines is 1. The Morgan fingerprint density at radius 2 is 2.00 bits per heavy atom. The molecule has 4 bridgehead atoms. The van der Waals surface area contributed by atoms with Gasteiger partial charge in [-0.25, -0.2) is 0 Å². The number of hydrogen-bond donors (Lipinski definition) is 1. The smallest absolute Gasteiger partial charge is 0.364 e. The molecule has 4 atom stereocenters. The molecule has 4 unspecified atom stereocenters. The number of hydrogen-bond acceptors (Lipinski definition) is 2. The molecule has 130 valence electrons. The average molecular weight is 339 g/mol. The molecule has 2 aliphatic carbocycles. The number of para-hydroxylation sites is 1. The average Bonchev–Trinajstić information content (AvgIpc) is 2.98. The third-order valence-corrected chi connectivity index (χ3v) is 7.05. The highest BCUT2D eigenvalue weighted by Crippen LogP contribution is 2.75. The lowest BCUT2D eigenvalue weighted by molar-refractivity contribution is -0.149. The Kier molecular flexibility index (Phi) is 3.01. The number of carbonyl (C=O) groups excluding carboxylic acids is 1. The molecular formula is C18H20F3NO2. The Labute approximate surface area is 138 Å². The lowest BCUT2D eigenvalue weighted by Crippen LogP contribution is -2.52. The van der Waals surface area contributed by atoms with Crippen molar-refractivity contribution >= 4 is 11.6 Å². The molecule has 1 aromatic carbocycles. The first-order valence-electron chi connectivity index (χ1n) is 8.26. The van der Waals surface area contributed by atoms with Gasteiger partial charge in [-0.1, -0.05) is 26.0 Å². The van der Waals surface area contributed by atoms with Gasteiger partial charge in [-0.3, -0.25) is 4.79 Å². The summed E-state index contributed by atoms with van der Waals surface area (Å²) in [5, 5.41) is 2.52. The molecule has 3 nitrogen and oxygen atoms in total. The Balaban J connectivity index is 1.68. The topological polar surface area (TPSA) is 38.3 Å². The normalized spacial score (nSPS) is 40.1. The van der Waals surface area contributed by atoms with Crippen LogP contribution in [0.3, 0.4) is 0 Å². The van der Waals surface area contributed by atoms with E-state index in [2.05, 4.69) is 19.2 Å². The monoisotopic (exact) mass is 339 g/mol. The molecule has 0 aromatic heterocycles. The molecule has 4 rings (SSSR count). The van der Waals surface area contributed by atoms with E-state index in [4.69, 9.17) is 4.74 Å². The van der Waals surface area contributed by atoms with Crippen LogP contribution in [0.4, 0.5) is 18.9 Å². The van der Waals surface area contributed by atoms with Crippen molar-refractivity contribution in [1.82, 2.24) is 0 Å². The first kappa shape index (κ1) is 15.9. The van der Waals surface area contributed by atoms with Crippen molar-refractivity contribution < 1.29 is 22.7 Å². The van der Waals surface area contributed by atoms with Gasteiger partial charge < -0.3 is 10.1 Å². The predicted molar refractivity (Wildman–Crippen MR) is 82.3 cm³/mol. The standard InChI is InChI=1S/C18H20F3NO2/c1-15-10-24-17(9-11(15)7-8-16(15,17)2)14(23)22-13-6-4-3-5-12(13)18(19,20)21/h3-6,11H,7-10H2,1-2H3,(H,22,23). The van der Waals surface area contributed by atoms with Crippen LogP contribution in [-0.4, -0.2) is 18.1 Å². The van der Waals surface area contributed by atoms with Crippen molar-refractivity contribution in [1.29, 1.82) is 0 Å². The van der Waals surface area contributed by atoms with Crippen molar-refractivity contribution in [2.24, 2.45) is 16.7 Å². The molecule has 1 heterocycles. The largest absolute Gasteiger partial charge is 0.418 e. The molecule has 1 aliphatic heterocycles. The molecule has 3 aliphatic rings. The van der Waals surface area contributed by atoms with Gasteiger partial charge in [-0.2, -0.15) is 13.2 Å². The number of ether oxygens (including phenoxy) is 1. The van der Waals surface area contributed by atoms with E-state index in [1.54, 1.807) is 0 Å². The summed E-state index contributed by atoms with van der Waals surface area (Å²) < 4.78 is 45.4. The van der Waals surface area contributed by atoms with Crippen LogP contribution in [0.2, 0.25) is 0 Å². The first-order valence-corrected chi connectivity index (χ1v) is 8.26. The van der Waals surface area contributed by atoms with Crippen molar-refractivity contribution in [3.63, 3.8) is 0 Å². The lowest BCUT2D eigenvalue weighted by Gasteiger charge is -2.40. The summed E-state index contributed by atoms with van der Waals surface area (Å²) in [7, 11) is 0. The Bertz CT molecular complexity index is 718. The molecular weight excluding hydrogens is 319 g/mol. The Morgan fingerprint density at radius 1 is 1.29 bits per heavy atom. The second-order valence-corrected chi connectivity index (χ2v) is 7.80. The van der Waals surface area contributed by atoms with Gasteiger partial charge in [0.15, 0.2) is 5.60 Å². The maximum Gasteiger partial charge on any atom is 0.418 e. The molecule has 1 aromatic rings. The summed E-state index contributed by atoms with van der Waals surface area (Å²) in [6.07, 6.45) is -1.97. The van der Waals surface area contributed by atoms with Crippen molar-refractivity contribution in [3.8, 4) is 0 Å². The summed E-state index contributed by atoms with van der Waals surface area (Å²) >= 11 is 0. The van der Waals surface area contributed by atoms with Gasteiger partial charge in [-0.15, -0.1) is 0 Å². The third-order valence-electron chi connectivity index (χ3n) is 7.05. The number of alkyl halides is 3. The van der Waals surface area contributed by atoms with E-state index in [-0.39, 0.29) is 16.5 Å². The van der Waals surface area contributed by atoms with Crippen LogP contribution in [-0.2, 0) is 15.7 Å². The number of rotatable bonds is 2. The highest BCUT2D eigenvalue weighted by atomic mass is 19.4. The summed E-state index contributed by atoms with van der Waals surface area (Å²) in [5.74, 6) is -0.0347. The minimum absolute atomic E-state index is 0.0616. The second-order valence-electron chi connectivity index (χ2n) is 7.80. The number of benzene rings is 1. The summed E-state index contributed by atoms with van der Waals surface area (Å²) in [6, 6.07) is 5.08. The van der Waals surface area contributed by atoms with Crippen LogP contribution >= 0.6 is 0 Å². The van der Waals surface area contributed by atoms with Crippen LogP contribution < -0.4 is 5.32 Å². The Morgan fingerprint density at radius 3 is 2.62 bits per heavy atom. The van der Waals surface area contributed by atoms with Crippen LogP contribution in [0, 0.1) is 16.7 Å². The summed E-state index contributed by atoms with van der Waals surface area (Å²) in [4.78, 5) is 13.0. The first-order chi connectivity index (χ1) is 11.1. The molecule has 6 heteroatoms. The van der Waals surface area contributed by atoms with Crippen molar-refractivity contribution in [3.05, 3.63) is 29.8 Å². The fraction of sp³-hybridized carbons (Fsp3) is 0.611. The lowest BCUT2D eigenvalue weighted by atomic mass is 9.66. The quantitative estimate of drug-likeness (QED) is 0.875. The van der Waals surface area contributed by atoms with Gasteiger partial charge in [0.1, 0.15) is 0 Å². The van der Waals surface area contributed by atoms with Crippen molar-refractivity contribution in [2.45, 2.75) is 44.9 Å². The van der Waals surface area contributed by atoms with Gasteiger partial charge in [0.25, 0.3) is 5.91 Å². The van der Waals surface area contributed by atoms with Gasteiger partial charge >= 0.3 is 6.18 Å². The minimum Gasteiger partial charge on any atom is -0.364 e. The number of carbonyl (C=O) groups is 1. The zero-order valence-electron chi connectivity index (χ0n) is 13.7. The molecule has 24 heavy (non-hydrogen) atoms. The number of nitrogens with one attached hydrogen (secondary N) is 1. The van der Waals surface area contributed by atoms with E-state index < -0.39 is 23.2 Å². The maximum atomic E-state index is 13.2. The fourth-order valence-corrected chi connectivity index (χ4v) is 5.32. The highest BCUT2D eigenvalue weighted by Gasteiger charge is 2.78. The summed E-state index contributed by atoms with van der Waals surface area (Å²) in [6.45, 7) is 4.71. The van der Waals surface area contributed by atoms with E-state index in [9.17, 15) is 18.0 Å². The van der Waals surface area contributed by atoms with Crippen LogP contribution in [0.5, 0.6) is 0 Å². The zero-order valence-corrected chi connectivity index (χ0v) is 13.7. The summed E-state index contributed by atoms with van der Waals surface area (Å²) in [5.41, 5.74) is -2.42. The SMILES string of the molecule is CC12COC3(C(=O)Nc4ccccc4C(F)(F)F)CC1CCC32C. The van der Waals surface area contributed by atoms with Gasteiger partial charge in [0.2, 0.25) is 0 Å². The molecule has 1 amide bonds. The fourth-order valence-electron chi connectivity index (χ4n) is 5.32. The predicted octanol–water partition coefficient (Wildman–Crippen LogP) is 4.24. The second kappa shape index (κ2) is 4.54. The molecule has 1 saturated heterocycles. The van der Waals surface area contributed by atoms with Crippen LogP contribution in [0.25, 0.3) is 0 Å². The van der Waals surface area contributed by atoms with E-state index in [1.807, 2.05) is 0 Å².